The lowest BCUT2D eigenvalue weighted by Crippen LogP contribution is -2.37. The Morgan fingerprint density at radius 3 is 3.00 bits per heavy atom. The van der Waals surface area contributed by atoms with Crippen LogP contribution in [-0.2, 0) is 11.2 Å². The number of carbonyl (C=O) groups is 1. The molecule has 4 heteroatoms. The Morgan fingerprint density at radius 2 is 2.33 bits per heavy atom. The van der Waals surface area contributed by atoms with Crippen LogP contribution in [0.3, 0.4) is 0 Å². The minimum Gasteiger partial charge on any atom is -0.396 e. The number of pyridine rings is 1. The van der Waals surface area contributed by atoms with E-state index in [0.29, 0.717) is 18.9 Å². The molecule has 0 aromatic carbocycles. The monoisotopic (exact) mass is 290 g/mol. The van der Waals surface area contributed by atoms with E-state index in [0.717, 1.165) is 25.0 Å². The van der Waals surface area contributed by atoms with E-state index in [1.165, 1.54) is 6.42 Å². The molecule has 1 aromatic rings. The molecule has 116 valence electrons. The highest BCUT2D eigenvalue weighted by molar-refractivity contribution is 5.78. The molecule has 1 aliphatic rings. The number of rotatable bonds is 6. The Bertz CT molecular complexity index is 436. The van der Waals surface area contributed by atoms with Gasteiger partial charge >= 0.3 is 0 Å². The summed E-state index contributed by atoms with van der Waals surface area (Å²) in [4.78, 5) is 16.5. The van der Waals surface area contributed by atoms with Gasteiger partial charge in [0.1, 0.15) is 0 Å². The maximum absolute atomic E-state index is 12.2. The highest BCUT2D eigenvalue weighted by atomic mass is 16.3. The molecule has 1 fully saturated rings. The second kappa shape index (κ2) is 8.13. The zero-order chi connectivity index (χ0) is 15.1. The van der Waals surface area contributed by atoms with Gasteiger partial charge in [-0.05, 0) is 37.3 Å². The Kier molecular flexibility index (Phi) is 6.18. The van der Waals surface area contributed by atoms with Crippen molar-refractivity contribution in [1.29, 1.82) is 0 Å². The first-order valence-electron chi connectivity index (χ1n) is 7.97. The van der Waals surface area contributed by atoms with Crippen LogP contribution in [-0.4, -0.2) is 29.1 Å². The van der Waals surface area contributed by atoms with Crippen LogP contribution in [0.25, 0.3) is 0 Å². The summed E-state index contributed by atoms with van der Waals surface area (Å²) in [5.74, 6) is 0.991. The molecule has 1 saturated carbocycles. The van der Waals surface area contributed by atoms with E-state index < -0.39 is 0 Å². The minimum atomic E-state index is 0.0323. The van der Waals surface area contributed by atoms with Gasteiger partial charge < -0.3 is 10.4 Å². The fourth-order valence-corrected chi connectivity index (χ4v) is 3.08. The molecule has 0 bridgehead atoms. The van der Waals surface area contributed by atoms with Crippen molar-refractivity contribution in [2.75, 3.05) is 13.2 Å². The fraction of sp³-hybridized carbons (Fsp3) is 0.647. The lowest BCUT2D eigenvalue weighted by atomic mass is 9.82. The number of aliphatic hydroxyl groups is 1. The number of carbonyl (C=O) groups excluding carboxylic acids is 1. The molecule has 21 heavy (non-hydrogen) atoms. The SMILES string of the molecule is CC1CCCC(C(=O)NCC(CO)Cc2ccccn2)C1. The molecule has 0 aliphatic heterocycles. The molecule has 1 aromatic heterocycles. The van der Waals surface area contributed by atoms with E-state index in [4.69, 9.17) is 0 Å². The Balaban J connectivity index is 1.78. The highest BCUT2D eigenvalue weighted by Gasteiger charge is 2.25. The van der Waals surface area contributed by atoms with E-state index >= 15 is 0 Å². The minimum absolute atomic E-state index is 0.0323. The third kappa shape index (κ3) is 5.12. The number of nitrogens with one attached hydrogen (secondary N) is 1. The predicted octanol–water partition coefficient (Wildman–Crippen LogP) is 2.18. The first-order chi connectivity index (χ1) is 10.2. The lowest BCUT2D eigenvalue weighted by molar-refractivity contribution is -0.126. The molecule has 0 saturated heterocycles. The topological polar surface area (TPSA) is 62.2 Å². The van der Waals surface area contributed by atoms with E-state index in [1.807, 2.05) is 18.2 Å². The Labute approximate surface area is 127 Å². The third-order valence-electron chi connectivity index (χ3n) is 4.35. The molecule has 3 unspecified atom stereocenters. The van der Waals surface area contributed by atoms with Crippen molar-refractivity contribution < 1.29 is 9.90 Å². The normalized spacial score (nSPS) is 23.5. The second-order valence-corrected chi connectivity index (χ2v) is 6.29. The van der Waals surface area contributed by atoms with E-state index in [1.54, 1.807) is 6.20 Å². The lowest BCUT2D eigenvalue weighted by Gasteiger charge is -2.26. The van der Waals surface area contributed by atoms with Gasteiger partial charge in [0.15, 0.2) is 0 Å². The number of aromatic nitrogens is 1. The van der Waals surface area contributed by atoms with E-state index in [2.05, 4.69) is 17.2 Å². The van der Waals surface area contributed by atoms with Crippen LogP contribution >= 0.6 is 0 Å². The van der Waals surface area contributed by atoms with Gasteiger partial charge in [-0.15, -0.1) is 0 Å². The van der Waals surface area contributed by atoms with Crippen LogP contribution in [0, 0.1) is 17.8 Å². The first-order valence-corrected chi connectivity index (χ1v) is 7.97. The molecule has 0 radical (unpaired) electrons. The van der Waals surface area contributed by atoms with Gasteiger partial charge in [-0.2, -0.15) is 0 Å². The van der Waals surface area contributed by atoms with Crippen LogP contribution in [0.4, 0.5) is 0 Å². The van der Waals surface area contributed by atoms with Gasteiger partial charge in [-0.3, -0.25) is 9.78 Å². The summed E-state index contributed by atoms with van der Waals surface area (Å²) in [6.45, 7) is 2.81. The second-order valence-electron chi connectivity index (χ2n) is 6.29. The molecule has 4 nitrogen and oxygen atoms in total. The summed E-state index contributed by atoms with van der Waals surface area (Å²) in [5.41, 5.74) is 0.956. The summed E-state index contributed by atoms with van der Waals surface area (Å²) < 4.78 is 0. The summed E-state index contributed by atoms with van der Waals surface area (Å²) in [6.07, 6.45) is 6.83. The predicted molar refractivity (Wildman–Crippen MR) is 82.6 cm³/mol. The van der Waals surface area contributed by atoms with Gasteiger partial charge in [0.25, 0.3) is 0 Å². The van der Waals surface area contributed by atoms with Gasteiger partial charge in [0, 0.05) is 36.9 Å². The summed E-state index contributed by atoms with van der Waals surface area (Å²) in [6, 6.07) is 5.77. The largest absolute Gasteiger partial charge is 0.396 e. The van der Waals surface area contributed by atoms with Gasteiger partial charge in [-0.25, -0.2) is 0 Å². The van der Waals surface area contributed by atoms with Crippen LogP contribution in [0.5, 0.6) is 0 Å². The number of nitrogens with zero attached hydrogens (tertiary/aromatic N) is 1. The maximum Gasteiger partial charge on any atom is 0.223 e. The van der Waals surface area contributed by atoms with Crippen molar-refractivity contribution in [3.63, 3.8) is 0 Å². The average Bonchev–Trinajstić information content (AvgIpc) is 2.52. The number of hydrogen-bond donors (Lipinski definition) is 2. The molecular weight excluding hydrogens is 264 g/mol. The van der Waals surface area contributed by atoms with Gasteiger partial charge in [-0.1, -0.05) is 25.8 Å². The zero-order valence-corrected chi connectivity index (χ0v) is 12.8. The van der Waals surface area contributed by atoms with Gasteiger partial charge in [0.2, 0.25) is 5.91 Å². The van der Waals surface area contributed by atoms with Gasteiger partial charge in [0.05, 0.1) is 0 Å². The number of aliphatic hydroxyl groups excluding tert-OH is 1. The summed E-state index contributed by atoms with van der Waals surface area (Å²) >= 11 is 0. The van der Waals surface area contributed by atoms with Crippen molar-refractivity contribution in [1.82, 2.24) is 10.3 Å². The molecule has 2 rings (SSSR count). The molecule has 1 aliphatic carbocycles. The fourth-order valence-electron chi connectivity index (χ4n) is 3.08. The van der Waals surface area contributed by atoms with Crippen LogP contribution < -0.4 is 5.32 Å². The van der Waals surface area contributed by atoms with Crippen LogP contribution in [0.2, 0.25) is 0 Å². The number of amides is 1. The third-order valence-corrected chi connectivity index (χ3v) is 4.35. The Hall–Kier alpha value is -1.42. The number of hydrogen-bond acceptors (Lipinski definition) is 3. The smallest absolute Gasteiger partial charge is 0.223 e. The van der Waals surface area contributed by atoms with Crippen molar-refractivity contribution in [2.45, 2.75) is 39.0 Å². The van der Waals surface area contributed by atoms with Crippen molar-refractivity contribution >= 4 is 5.91 Å². The summed E-state index contributed by atoms with van der Waals surface area (Å²) in [7, 11) is 0. The molecule has 3 atom stereocenters. The summed E-state index contributed by atoms with van der Waals surface area (Å²) in [5, 5.41) is 12.5. The molecule has 0 spiro atoms. The Morgan fingerprint density at radius 1 is 1.48 bits per heavy atom. The van der Waals surface area contributed by atoms with E-state index in [-0.39, 0.29) is 24.3 Å². The first kappa shape index (κ1) is 16.0. The zero-order valence-electron chi connectivity index (χ0n) is 12.8. The quantitative estimate of drug-likeness (QED) is 0.844. The molecule has 1 heterocycles. The molecule has 1 amide bonds. The highest BCUT2D eigenvalue weighted by Crippen LogP contribution is 2.28. The van der Waals surface area contributed by atoms with Crippen molar-refractivity contribution in [3.05, 3.63) is 30.1 Å². The molecular formula is C17H26N2O2. The van der Waals surface area contributed by atoms with E-state index in [9.17, 15) is 9.90 Å². The molecule has 2 N–H and O–H groups in total. The van der Waals surface area contributed by atoms with Crippen molar-refractivity contribution in [2.24, 2.45) is 17.8 Å². The standard InChI is InChI=1S/C17H26N2O2/c1-13-5-4-6-15(9-13)17(21)19-11-14(12-20)10-16-7-2-3-8-18-16/h2-3,7-8,13-15,20H,4-6,9-12H2,1H3,(H,19,21). The maximum atomic E-state index is 12.2. The van der Waals surface area contributed by atoms with Crippen LogP contribution in [0.1, 0.15) is 38.3 Å². The average molecular weight is 290 g/mol. The van der Waals surface area contributed by atoms with Crippen LogP contribution in [0.15, 0.2) is 24.4 Å². The van der Waals surface area contributed by atoms with Crippen molar-refractivity contribution in [3.8, 4) is 0 Å².